The molecule has 0 atom stereocenters. The average Bonchev–Trinajstić information content (AvgIpc) is 2.28. The number of ether oxygens (including phenoxy) is 1. The molecule has 0 N–H and O–H groups in total. The van der Waals surface area contributed by atoms with Gasteiger partial charge >= 0.3 is 0 Å². The van der Waals surface area contributed by atoms with Crippen LogP contribution in [-0.4, -0.2) is 30.0 Å². The molecule has 1 heterocycles. The molecule has 1 fully saturated rings. The molecule has 1 saturated heterocycles. The summed E-state index contributed by atoms with van der Waals surface area (Å²) in [6.07, 6.45) is 0.0452. The van der Waals surface area contributed by atoms with Crippen molar-refractivity contribution in [3.05, 3.63) is 34.6 Å². The molecule has 1 aliphatic rings. The van der Waals surface area contributed by atoms with E-state index >= 15 is 0 Å². The van der Waals surface area contributed by atoms with Crippen molar-refractivity contribution in [2.75, 3.05) is 13.1 Å². The zero-order valence-corrected chi connectivity index (χ0v) is 11.8. The highest BCUT2D eigenvalue weighted by molar-refractivity contribution is 6.31. The first kappa shape index (κ1) is 14.3. The van der Waals surface area contributed by atoms with Gasteiger partial charge in [-0.3, -0.25) is 4.79 Å². The maximum Gasteiger partial charge on any atom is 0.225 e. The second kappa shape index (κ2) is 5.88. The van der Waals surface area contributed by atoms with Crippen LogP contribution in [0.5, 0.6) is 0 Å². The Morgan fingerprint density at radius 3 is 2.79 bits per heavy atom. The summed E-state index contributed by atoms with van der Waals surface area (Å²) in [4.78, 5) is 13.4. The number of benzene rings is 1. The van der Waals surface area contributed by atoms with E-state index in [9.17, 15) is 9.18 Å². The fourth-order valence-corrected chi connectivity index (χ4v) is 2.16. The predicted molar refractivity (Wildman–Crippen MR) is 71.4 cm³/mol. The molecule has 0 saturated carbocycles. The van der Waals surface area contributed by atoms with Crippen molar-refractivity contribution in [2.24, 2.45) is 5.92 Å². The summed E-state index contributed by atoms with van der Waals surface area (Å²) < 4.78 is 18.5. The van der Waals surface area contributed by atoms with Gasteiger partial charge in [0.1, 0.15) is 5.82 Å². The predicted octanol–water partition coefficient (Wildman–Crippen LogP) is 2.86. The van der Waals surface area contributed by atoms with Crippen LogP contribution in [0.3, 0.4) is 0 Å². The molecule has 104 valence electrons. The monoisotopic (exact) mass is 285 g/mol. The van der Waals surface area contributed by atoms with Crippen LogP contribution in [0.4, 0.5) is 4.39 Å². The summed E-state index contributed by atoms with van der Waals surface area (Å²) >= 11 is 5.91. The minimum absolute atomic E-state index is 0.0208. The van der Waals surface area contributed by atoms with Gasteiger partial charge in [-0.25, -0.2) is 4.39 Å². The number of nitrogens with zero attached hydrogens (tertiary/aromatic N) is 1. The van der Waals surface area contributed by atoms with Gasteiger partial charge in [0.2, 0.25) is 5.91 Å². The minimum Gasteiger partial charge on any atom is -0.370 e. The maximum atomic E-state index is 12.9. The maximum absolute atomic E-state index is 12.9. The Hall–Kier alpha value is -1.13. The number of carbonyl (C=O) groups is 1. The smallest absolute Gasteiger partial charge is 0.225 e. The number of hydrogen-bond donors (Lipinski definition) is 0. The molecule has 1 aliphatic heterocycles. The Morgan fingerprint density at radius 1 is 1.53 bits per heavy atom. The lowest BCUT2D eigenvalue weighted by Crippen LogP contribution is -2.55. The number of hydrogen-bond acceptors (Lipinski definition) is 2. The number of amides is 1. The molecular weight excluding hydrogens is 269 g/mol. The van der Waals surface area contributed by atoms with E-state index in [1.54, 1.807) is 11.0 Å². The van der Waals surface area contributed by atoms with E-state index < -0.39 is 0 Å². The van der Waals surface area contributed by atoms with Gasteiger partial charge in [0.25, 0.3) is 0 Å². The number of rotatable bonds is 4. The van der Waals surface area contributed by atoms with Gasteiger partial charge in [-0.05, 0) is 17.7 Å². The molecule has 3 nitrogen and oxygen atoms in total. The molecule has 1 aromatic carbocycles. The van der Waals surface area contributed by atoms with E-state index in [2.05, 4.69) is 0 Å². The van der Waals surface area contributed by atoms with Crippen LogP contribution in [0.2, 0.25) is 5.02 Å². The van der Waals surface area contributed by atoms with Crippen LogP contribution in [-0.2, 0) is 16.1 Å². The van der Waals surface area contributed by atoms with Crippen LogP contribution in [0.1, 0.15) is 19.4 Å². The highest BCUT2D eigenvalue weighted by Crippen LogP contribution is 2.21. The van der Waals surface area contributed by atoms with Gasteiger partial charge < -0.3 is 9.64 Å². The molecule has 2 rings (SSSR count). The van der Waals surface area contributed by atoms with Gasteiger partial charge in [-0.15, -0.1) is 0 Å². The van der Waals surface area contributed by atoms with E-state index in [-0.39, 0.29) is 23.7 Å². The van der Waals surface area contributed by atoms with Gasteiger partial charge in [0.15, 0.2) is 0 Å². The average molecular weight is 286 g/mol. The van der Waals surface area contributed by atoms with Crippen LogP contribution >= 0.6 is 11.6 Å². The summed E-state index contributed by atoms with van der Waals surface area (Å²) in [6.45, 7) is 5.35. The molecule has 0 spiro atoms. The summed E-state index contributed by atoms with van der Waals surface area (Å²) in [6, 6.07) is 4.25. The quantitative estimate of drug-likeness (QED) is 0.851. The molecule has 19 heavy (non-hydrogen) atoms. The first-order chi connectivity index (χ1) is 8.97. The Labute approximate surface area is 117 Å². The number of carbonyl (C=O) groups excluding carboxylic acids is 1. The van der Waals surface area contributed by atoms with Crippen LogP contribution < -0.4 is 0 Å². The second-order valence-corrected chi connectivity index (χ2v) is 5.47. The lowest BCUT2D eigenvalue weighted by atomic mass is 10.1. The molecule has 0 bridgehead atoms. The van der Waals surface area contributed by atoms with Crippen LogP contribution in [0, 0.1) is 11.7 Å². The van der Waals surface area contributed by atoms with Crippen molar-refractivity contribution < 1.29 is 13.9 Å². The molecule has 5 heteroatoms. The van der Waals surface area contributed by atoms with Crippen LogP contribution in [0.25, 0.3) is 0 Å². The lowest BCUT2D eigenvalue weighted by Gasteiger charge is -2.39. The molecule has 1 amide bonds. The standard InChI is InChI=1S/C14H17ClFNO2/c1-9(2)14(18)17-6-12(7-17)19-8-10-3-4-11(16)5-13(10)15/h3-5,9,12H,6-8H2,1-2H3. The van der Waals surface area contributed by atoms with E-state index in [1.807, 2.05) is 13.8 Å². The van der Waals surface area contributed by atoms with Crippen molar-refractivity contribution in [3.8, 4) is 0 Å². The van der Waals surface area contributed by atoms with Gasteiger partial charge in [-0.1, -0.05) is 31.5 Å². The highest BCUT2D eigenvalue weighted by Gasteiger charge is 2.32. The molecule has 0 radical (unpaired) electrons. The van der Waals surface area contributed by atoms with Crippen molar-refractivity contribution in [2.45, 2.75) is 26.6 Å². The number of likely N-dealkylation sites (tertiary alicyclic amines) is 1. The normalized spacial score (nSPS) is 15.7. The van der Waals surface area contributed by atoms with E-state index in [4.69, 9.17) is 16.3 Å². The first-order valence-corrected chi connectivity index (χ1v) is 6.69. The first-order valence-electron chi connectivity index (χ1n) is 6.31. The molecule has 0 aliphatic carbocycles. The topological polar surface area (TPSA) is 29.5 Å². The zero-order chi connectivity index (χ0) is 14.0. The third-order valence-electron chi connectivity index (χ3n) is 3.14. The SMILES string of the molecule is CC(C)C(=O)N1CC(OCc2ccc(F)cc2Cl)C1. The third-order valence-corrected chi connectivity index (χ3v) is 3.50. The summed E-state index contributed by atoms with van der Waals surface area (Å²) in [7, 11) is 0. The highest BCUT2D eigenvalue weighted by atomic mass is 35.5. The van der Waals surface area contributed by atoms with Gasteiger partial charge in [-0.2, -0.15) is 0 Å². The van der Waals surface area contributed by atoms with Crippen LogP contribution in [0.15, 0.2) is 18.2 Å². The fourth-order valence-electron chi connectivity index (χ4n) is 1.94. The van der Waals surface area contributed by atoms with Crippen molar-refractivity contribution in [1.29, 1.82) is 0 Å². The molecule has 0 aromatic heterocycles. The van der Waals surface area contributed by atoms with Crippen molar-refractivity contribution in [1.82, 2.24) is 4.90 Å². The van der Waals surface area contributed by atoms with Crippen molar-refractivity contribution >= 4 is 17.5 Å². The third kappa shape index (κ3) is 3.45. The van der Waals surface area contributed by atoms with Crippen molar-refractivity contribution in [3.63, 3.8) is 0 Å². The zero-order valence-electron chi connectivity index (χ0n) is 11.0. The van der Waals surface area contributed by atoms with E-state index in [0.717, 1.165) is 5.56 Å². The summed E-state index contributed by atoms with van der Waals surface area (Å²) in [5.41, 5.74) is 0.761. The molecular formula is C14H17ClFNO2. The number of halogens is 2. The van der Waals surface area contributed by atoms with E-state index in [0.29, 0.717) is 24.7 Å². The fraction of sp³-hybridized carbons (Fsp3) is 0.500. The second-order valence-electron chi connectivity index (χ2n) is 5.07. The summed E-state index contributed by atoms with van der Waals surface area (Å²) in [5.74, 6) is -0.182. The Balaban J connectivity index is 1.78. The Morgan fingerprint density at radius 2 is 2.21 bits per heavy atom. The largest absolute Gasteiger partial charge is 0.370 e. The van der Waals surface area contributed by atoms with Gasteiger partial charge in [0.05, 0.1) is 12.7 Å². The van der Waals surface area contributed by atoms with E-state index in [1.165, 1.54) is 12.1 Å². The minimum atomic E-state index is -0.355. The lowest BCUT2D eigenvalue weighted by molar-refractivity contribution is -0.149. The molecule has 0 unspecified atom stereocenters. The van der Waals surface area contributed by atoms with Gasteiger partial charge in [0, 0.05) is 24.0 Å². The summed E-state index contributed by atoms with van der Waals surface area (Å²) in [5, 5.41) is 0.370. The Kier molecular flexibility index (Phi) is 4.42. The Bertz CT molecular complexity index is 473. The molecule has 1 aromatic rings.